The molecule has 1 aliphatic heterocycles. The summed E-state index contributed by atoms with van der Waals surface area (Å²) in [4.78, 5) is 6.87. The highest BCUT2D eigenvalue weighted by Gasteiger charge is 2.30. The molecule has 0 saturated carbocycles. The van der Waals surface area contributed by atoms with E-state index in [0.717, 1.165) is 19.3 Å². The van der Waals surface area contributed by atoms with Gasteiger partial charge in [0, 0.05) is 31.0 Å². The molecule has 0 amide bonds. The molecule has 1 fully saturated rings. The zero-order chi connectivity index (χ0) is 15.5. The number of rotatable bonds is 5. The number of hydrazine groups is 1. The summed E-state index contributed by atoms with van der Waals surface area (Å²) < 4.78 is 25.3. The summed E-state index contributed by atoms with van der Waals surface area (Å²) in [6, 6.07) is 2.08. The Morgan fingerprint density at radius 3 is 2.62 bits per heavy atom. The van der Waals surface area contributed by atoms with Crippen molar-refractivity contribution in [1.82, 2.24) is 14.8 Å². The Hall–Kier alpha value is -1.18. The first-order valence-corrected chi connectivity index (χ1v) is 8.92. The second-order valence-corrected chi connectivity index (χ2v) is 7.16. The summed E-state index contributed by atoms with van der Waals surface area (Å²) in [5.41, 5.74) is 0.581. The van der Waals surface area contributed by atoms with Gasteiger partial charge < -0.3 is 5.32 Å². The quantitative estimate of drug-likeness (QED) is 0.869. The largest absolute Gasteiger partial charge is 0.384 e. The lowest BCUT2D eigenvalue weighted by Crippen LogP contribution is -2.54. The molecule has 0 aromatic carbocycles. The summed E-state index contributed by atoms with van der Waals surface area (Å²) in [5, 5.41) is 4.91. The molecule has 7 heteroatoms. The Bertz CT molecular complexity index is 566. The van der Waals surface area contributed by atoms with Crippen molar-refractivity contribution < 1.29 is 8.42 Å². The predicted molar refractivity (Wildman–Crippen MR) is 83.3 cm³/mol. The first-order valence-electron chi connectivity index (χ1n) is 7.44. The van der Waals surface area contributed by atoms with Gasteiger partial charge in [-0.3, -0.25) is 4.98 Å². The van der Waals surface area contributed by atoms with Crippen LogP contribution in [0.5, 0.6) is 0 Å². The van der Waals surface area contributed by atoms with Crippen LogP contribution in [-0.2, 0) is 10.0 Å². The highest BCUT2D eigenvalue weighted by atomic mass is 32.2. The van der Waals surface area contributed by atoms with Crippen molar-refractivity contribution in [2.75, 3.05) is 11.9 Å². The van der Waals surface area contributed by atoms with Gasteiger partial charge >= 0.3 is 0 Å². The topological polar surface area (TPSA) is 74.3 Å². The molecular formula is C14H24N4O2S. The molecular weight excluding hydrogens is 288 g/mol. The fourth-order valence-electron chi connectivity index (χ4n) is 2.72. The van der Waals surface area contributed by atoms with E-state index in [2.05, 4.69) is 15.1 Å². The van der Waals surface area contributed by atoms with Gasteiger partial charge in [0.1, 0.15) is 4.90 Å². The van der Waals surface area contributed by atoms with E-state index in [4.69, 9.17) is 0 Å². The lowest BCUT2D eigenvalue weighted by atomic mass is 10.0. The van der Waals surface area contributed by atoms with Gasteiger partial charge in [-0.05, 0) is 39.7 Å². The van der Waals surface area contributed by atoms with Crippen molar-refractivity contribution in [3.05, 3.63) is 18.5 Å². The molecule has 1 aliphatic rings. The van der Waals surface area contributed by atoms with Gasteiger partial charge in [0.25, 0.3) is 10.0 Å². The summed E-state index contributed by atoms with van der Waals surface area (Å²) in [6.45, 7) is 6.68. The molecule has 1 saturated heterocycles. The second kappa shape index (κ2) is 6.72. The minimum absolute atomic E-state index is 0.192. The number of sulfonamides is 1. The average Bonchev–Trinajstić information content (AvgIpc) is 2.44. The molecule has 2 rings (SSSR count). The Morgan fingerprint density at radius 1 is 1.33 bits per heavy atom. The van der Waals surface area contributed by atoms with Crippen LogP contribution in [0.2, 0.25) is 0 Å². The lowest BCUT2D eigenvalue weighted by Gasteiger charge is -2.38. The number of nitrogens with one attached hydrogen (secondary N) is 2. The zero-order valence-corrected chi connectivity index (χ0v) is 13.7. The zero-order valence-electron chi connectivity index (χ0n) is 12.8. The molecule has 2 atom stereocenters. The second-order valence-electron chi connectivity index (χ2n) is 5.53. The molecule has 6 nitrogen and oxygen atoms in total. The third-order valence-electron chi connectivity index (χ3n) is 3.86. The Morgan fingerprint density at radius 2 is 2.00 bits per heavy atom. The van der Waals surface area contributed by atoms with Crippen LogP contribution < -0.4 is 10.1 Å². The van der Waals surface area contributed by atoms with Crippen LogP contribution in [0.4, 0.5) is 5.69 Å². The van der Waals surface area contributed by atoms with Gasteiger partial charge in [-0.15, -0.1) is 4.83 Å². The minimum Gasteiger partial charge on any atom is -0.384 e. The van der Waals surface area contributed by atoms with Gasteiger partial charge in [-0.1, -0.05) is 6.42 Å². The van der Waals surface area contributed by atoms with Crippen molar-refractivity contribution in [3.8, 4) is 0 Å². The van der Waals surface area contributed by atoms with Gasteiger partial charge in [0.2, 0.25) is 0 Å². The number of pyridine rings is 1. The molecule has 21 heavy (non-hydrogen) atoms. The Labute approximate surface area is 127 Å². The van der Waals surface area contributed by atoms with Gasteiger partial charge in [-0.25, -0.2) is 13.4 Å². The molecule has 2 N–H and O–H groups in total. The van der Waals surface area contributed by atoms with Crippen LogP contribution in [0.1, 0.15) is 40.0 Å². The van der Waals surface area contributed by atoms with Gasteiger partial charge in [0.15, 0.2) is 0 Å². The summed E-state index contributed by atoms with van der Waals surface area (Å²) in [6.07, 6.45) is 6.11. The first-order chi connectivity index (χ1) is 9.95. The van der Waals surface area contributed by atoms with Crippen LogP contribution in [-0.4, -0.2) is 37.0 Å². The third kappa shape index (κ3) is 3.72. The molecule has 2 heterocycles. The van der Waals surface area contributed by atoms with Crippen molar-refractivity contribution in [1.29, 1.82) is 0 Å². The molecule has 0 aliphatic carbocycles. The highest BCUT2D eigenvalue weighted by molar-refractivity contribution is 7.89. The molecule has 1 aromatic rings. The number of anilines is 1. The fraction of sp³-hybridized carbons (Fsp3) is 0.643. The van der Waals surface area contributed by atoms with E-state index < -0.39 is 10.0 Å². The SMILES string of the molecule is CCNc1ccncc1S(=O)(=O)NN1C(C)CCCC1C. The Kier molecular flexibility index (Phi) is 5.18. The Balaban J connectivity index is 2.26. The standard InChI is InChI=1S/C14H24N4O2S/c1-4-16-13-8-9-15-10-14(13)21(19,20)17-18-11(2)6-5-7-12(18)3/h8-12,17H,4-7H2,1-3H3,(H,15,16). The smallest absolute Gasteiger partial charge is 0.257 e. The summed E-state index contributed by atoms with van der Waals surface area (Å²) in [7, 11) is -3.63. The lowest BCUT2D eigenvalue weighted by molar-refractivity contribution is 0.0790. The van der Waals surface area contributed by atoms with Crippen LogP contribution in [0.25, 0.3) is 0 Å². The molecule has 1 aromatic heterocycles. The number of piperidine rings is 1. The third-order valence-corrected chi connectivity index (χ3v) is 5.22. The maximum Gasteiger partial charge on any atom is 0.257 e. The van der Waals surface area contributed by atoms with Crippen molar-refractivity contribution in [3.63, 3.8) is 0 Å². The van der Waals surface area contributed by atoms with E-state index in [-0.39, 0.29) is 17.0 Å². The van der Waals surface area contributed by atoms with Crippen molar-refractivity contribution in [2.24, 2.45) is 0 Å². The minimum atomic E-state index is -3.63. The van der Waals surface area contributed by atoms with Gasteiger partial charge in [0.05, 0.1) is 5.69 Å². The maximum atomic E-state index is 12.7. The fourth-order valence-corrected chi connectivity index (χ4v) is 4.08. The molecule has 0 spiro atoms. The van der Waals surface area contributed by atoms with E-state index in [1.165, 1.54) is 6.20 Å². The number of nitrogens with zero attached hydrogens (tertiary/aromatic N) is 2. The van der Waals surface area contributed by atoms with E-state index >= 15 is 0 Å². The van der Waals surface area contributed by atoms with E-state index in [1.807, 2.05) is 25.8 Å². The molecule has 0 bridgehead atoms. The normalized spacial score (nSPS) is 24.0. The maximum absolute atomic E-state index is 12.7. The predicted octanol–water partition coefficient (Wildman–Crippen LogP) is 1.97. The summed E-state index contributed by atoms with van der Waals surface area (Å²) >= 11 is 0. The number of hydrogen-bond acceptors (Lipinski definition) is 5. The van der Waals surface area contributed by atoms with Crippen molar-refractivity contribution >= 4 is 15.7 Å². The molecule has 118 valence electrons. The van der Waals surface area contributed by atoms with E-state index in [9.17, 15) is 8.42 Å². The average molecular weight is 312 g/mol. The van der Waals surface area contributed by atoms with Crippen LogP contribution in [0, 0.1) is 0 Å². The number of hydrogen-bond donors (Lipinski definition) is 2. The van der Waals surface area contributed by atoms with Crippen LogP contribution in [0.3, 0.4) is 0 Å². The molecule has 2 unspecified atom stereocenters. The monoisotopic (exact) mass is 312 g/mol. The van der Waals surface area contributed by atoms with E-state index in [1.54, 1.807) is 12.3 Å². The highest BCUT2D eigenvalue weighted by Crippen LogP contribution is 2.24. The molecule has 0 radical (unpaired) electrons. The summed E-state index contributed by atoms with van der Waals surface area (Å²) in [5.74, 6) is 0. The number of aromatic nitrogens is 1. The van der Waals surface area contributed by atoms with E-state index in [0.29, 0.717) is 12.2 Å². The van der Waals surface area contributed by atoms with Crippen LogP contribution in [0.15, 0.2) is 23.4 Å². The first kappa shape index (κ1) is 16.2. The van der Waals surface area contributed by atoms with Crippen molar-refractivity contribution in [2.45, 2.75) is 57.0 Å². The van der Waals surface area contributed by atoms with Gasteiger partial charge in [-0.2, -0.15) is 0 Å². The van der Waals surface area contributed by atoms with Crippen LogP contribution >= 0.6 is 0 Å².